The molecule has 3 atom stereocenters. The van der Waals surface area contributed by atoms with Crippen molar-refractivity contribution in [1.82, 2.24) is 15.3 Å². The maximum absolute atomic E-state index is 14.5. The molecular formula is C19H26FN3O2. The summed E-state index contributed by atoms with van der Waals surface area (Å²) in [7, 11) is 2.26. The first-order valence-electron chi connectivity index (χ1n) is 9.25. The summed E-state index contributed by atoms with van der Waals surface area (Å²) in [4.78, 5) is 16.4. The molecule has 6 heteroatoms. The van der Waals surface area contributed by atoms with Gasteiger partial charge in [0, 0.05) is 42.8 Å². The van der Waals surface area contributed by atoms with Gasteiger partial charge in [-0.15, -0.1) is 0 Å². The zero-order valence-electron chi connectivity index (χ0n) is 14.7. The van der Waals surface area contributed by atoms with Crippen molar-refractivity contribution in [1.29, 1.82) is 0 Å². The number of carbonyl (C=O) groups is 1. The van der Waals surface area contributed by atoms with Gasteiger partial charge in [0.15, 0.2) is 0 Å². The number of hydrogen-bond donors (Lipinski definition) is 2. The summed E-state index contributed by atoms with van der Waals surface area (Å²) >= 11 is 0. The second kappa shape index (κ2) is 6.67. The van der Waals surface area contributed by atoms with Gasteiger partial charge in [-0.1, -0.05) is 0 Å². The normalized spacial score (nSPS) is 29.5. The molecule has 2 bridgehead atoms. The van der Waals surface area contributed by atoms with Crippen LogP contribution >= 0.6 is 0 Å². The third kappa shape index (κ3) is 3.18. The van der Waals surface area contributed by atoms with E-state index in [4.69, 9.17) is 5.21 Å². The molecule has 136 valence electrons. The number of nitrogens with one attached hydrogen (secondary N) is 1. The van der Waals surface area contributed by atoms with Crippen LogP contribution in [0.4, 0.5) is 4.39 Å². The molecule has 2 N–H and O–H groups in total. The van der Waals surface area contributed by atoms with E-state index in [1.165, 1.54) is 31.7 Å². The smallest absolute Gasteiger partial charge is 0.274 e. The topological polar surface area (TPSA) is 55.8 Å². The van der Waals surface area contributed by atoms with Crippen LogP contribution in [-0.4, -0.2) is 53.1 Å². The Hall–Kier alpha value is -1.50. The monoisotopic (exact) mass is 347 g/mol. The maximum atomic E-state index is 14.5. The Kier molecular flexibility index (Phi) is 4.52. The first-order chi connectivity index (χ1) is 12.0. The molecule has 25 heavy (non-hydrogen) atoms. The summed E-state index contributed by atoms with van der Waals surface area (Å²) in [6, 6.07) is 4.40. The fourth-order valence-corrected chi connectivity index (χ4v) is 5.06. The second-order valence-electron chi connectivity index (χ2n) is 7.91. The van der Waals surface area contributed by atoms with Gasteiger partial charge in [-0.2, -0.15) is 0 Å². The fourth-order valence-electron chi connectivity index (χ4n) is 5.06. The minimum absolute atomic E-state index is 0.180. The Morgan fingerprint density at radius 2 is 2.04 bits per heavy atom. The SMILES string of the molecule is CN1[C@@H]2CC[C@H]1CC(CN1CCc3cc(C(=O)NO)cc(F)c3C1)C2. The van der Waals surface area contributed by atoms with Gasteiger partial charge in [-0.25, -0.2) is 9.87 Å². The van der Waals surface area contributed by atoms with Gasteiger partial charge in [-0.05, 0) is 62.8 Å². The molecular weight excluding hydrogens is 321 g/mol. The summed E-state index contributed by atoms with van der Waals surface area (Å²) in [5.74, 6) is -0.298. The molecule has 0 aliphatic carbocycles. The minimum atomic E-state index is -0.661. The molecule has 1 aromatic carbocycles. The van der Waals surface area contributed by atoms with E-state index in [1.54, 1.807) is 11.5 Å². The van der Waals surface area contributed by atoms with Crippen molar-refractivity contribution in [2.75, 3.05) is 20.1 Å². The first kappa shape index (κ1) is 16.9. The summed E-state index contributed by atoms with van der Waals surface area (Å²) in [6.07, 6.45) is 5.91. The molecule has 1 amide bonds. The highest BCUT2D eigenvalue weighted by molar-refractivity contribution is 5.93. The van der Waals surface area contributed by atoms with E-state index >= 15 is 0 Å². The molecule has 4 rings (SSSR count). The third-order valence-corrected chi connectivity index (χ3v) is 6.44. The Morgan fingerprint density at radius 3 is 2.72 bits per heavy atom. The quantitative estimate of drug-likeness (QED) is 0.650. The summed E-state index contributed by atoms with van der Waals surface area (Å²) < 4.78 is 14.5. The zero-order chi connectivity index (χ0) is 17.6. The van der Waals surface area contributed by atoms with Crippen molar-refractivity contribution in [2.45, 2.75) is 50.7 Å². The van der Waals surface area contributed by atoms with E-state index in [0.717, 1.165) is 37.2 Å². The van der Waals surface area contributed by atoms with E-state index < -0.39 is 5.91 Å². The zero-order valence-corrected chi connectivity index (χ0v) is 14.7. The number of hydrogen-bond acceptors (Lipinski definition) is 4. The van der Waals surface area contributed by atoms with Gasteiger partial charge in [0.05, 0.1) is 0 Å². The fraction of sp³-hybridized carbons (Fsp3) is 0.632. The van der Waals surface area contributed by atoms with Crippen molar-refractivity contribution in [3.63, 3.8) is 0 Å². The molecule has 3 heterocycles. The molecule has 5 nitrogen and oxygen atoms in total. The predicted molar refractivity (Wildman–Crippen MR) is 91.9 cm³/mol. The van der Waals surface area contributed by atoms with Crippen LogP contribution in [0.15, 0.2) is 12.1 Å². The van der Waals surface area contributed by atoms with Crippen LogP contribution in [0.3, 0.4) is 0 Å². The highest BCUT2D eigenvalue weighted by atomic mass is 19.1. The Morgan fingerprint density at radius 1 is 1.32 bits per heavy atom. The number of fused-ring (bicyclic) bond motifs is 3. The second-order valence-corrected chi connectivity index (χ2v) is 7.91. The first-order valence-corrected chi connectivity index (χ1v) is 9.25. The third-order valence-electron chi connectivity index (χ3n) is 6.44. The van der Waals surface area contributed by atoms with Gasteiger partial charge in [-0.3, -0.25) is 14.9 Å². The Bertz CT molecular complexity index is 667. The lowest BCUT2D eigenvalue weighted by atomic mass is 9.89. The van der Waals surface area contributed by atoms with Crippen molar-refractivity contribution < 1.29 is 14.4 Å². The maximum Gasteiger partial charge on any atom is 0.274 e. The van der Waals surface area contributed by atoms with E-state index in [2.05, 4.69) is 16.8 Å². The highest BCUT2D eigenvalue weighted by Gasteiger charge is 2.39. The Balaban J connectivity index is 1.44. The van der Waals surface area contributed by atoms with E-state index in [9.17, 15) is 9.18 Å². The largest absolute Gasteiger partial charge is 0.300 e. The number of carbonyl (C=O) groups excluding carboxylic acids is 1. The number of amides is 1. The van der Waals surface area contributed by atoms with E-state index in [1.807, 2.05) is 0 Å². The summed E-state index contributed by atoms with van der Waals surface area (Å²) in [6.45, 7) is 2.56. The average Bonchev–Trinajstić information content (AvgIpc) is 2.83. The molecule has 3 aliphatic heterocycles. The predicted octanol–water partition coefficient (Wildman–Crippen LogP) is 2.18. The summed E-state index contributed by atoms with van der Waals surface area (Å²) in [5.41, 5.74) is 3.35. The molecule has 2 saturated heterocycles. The van der Waals surface area contributed by atoms with Gasteiger partial charge < -0.3 is 4.90 Å². The molecule has 0 radical (unpaired) electrons. The number of hydroxylamine groups is 1. The van der Waals surface area contributed by atoms with Crippen molar-refractivity contribution >= 4 is 5.91 Å². The lowest BCUT2D eigenvalue weighted by Gasteiger charge is -2.39. The van der Waals surface area contributed by atoms with E-state index in [0.29, 0.717) is 18.0 Å². The van der Waals surface area contributed by atoms with Crippen LogP contribution in [0.5, 0.6) is 0 Å². The highest BCUT2D eigenvalue weighted by Crippen LogP contribution is 2.38. The van der Waals surface area contributed by atoms with Crippen LogP contribution in [0.2, 0.25) is 0 Å². The summed E-state index contributed by atoms with van der Waals surface area (Å²) in [5, 5.41) is 8.74. The lowest BCUT2D eigenvalue weighted by Crippen LogP contribution is -2.44. The molecule has 1 aromatic rings. The van der Waals surface area contributed by atoms with Crippen LogP contribution in [0.1, 0.15) is 47.2 Å². The minimum Gasteiger partial charge on any atom is -0.300 e. The molecule has 2 fully saturated rings. The van der Waals surface area contributed by atoms with Crippen molar-refractivity contribution in [2.24, 2.45) is 5.92 Å². The van der Waals surface area contributed by atoms with Gasteiger partial charge in [0.1, 0.15) is 5.82 Å². The lowest BCUT2D eigenvalue weighted by molar-refractivity contribution is 0.0705. The van der Waals surface area contributed by atoms with Gasteiger partial charge in [0.25, 0.3) is 5.91 Å². The van der Waals surface area contributed by atoms with Gasteiger partial charge >= 0.3 is 0 Å². The molecule has 3 aliphatic rings. The van der Waals surface area contributed by atoms with Crippen LogP contribution in [-0.2, 0) is 13.0 Å². The van der Waals surface area contributed by atoms with Gasteiger partial charge in [0.2, 0.25) is 0 Å². The number of piperidine rings is 1. The molecule has 0 aromatic heterocycles. The number of halogens is 1. The molecule has 0 spiro atoms. The number of nitrogens with zero attached hydrogens (tertiary/aromatic N) is 2. The number of benzene rings is 1. The van der Waals surface area contributed by atoms with Crippen LogP contribution in [0, 0.1) is 11.7 Å². The number of rotatable bonds is 3. The standard InChI is InChI=1S/C19H26FN3O2/c1-22-15-2-3-16(22)7-12(6-15)10-23-5-4-13-8-14(19(24)21-25)9-18(20)17(13)11-23/h8-9,12,15-16,25H,2-7,10-11H2,1H3,(H,21,24)/t12?,15-,16+. The molecule has 1 unspecified atom stereocenters. The molecule has 0 saturated carbocycles. The van der Waals surface area contributed by atoms with Crippen LogP contribution in [0.25, 0.3) is 0 Å². The Labute approximate surface area is 147 Å². The van der Waals surface area contributed by atoms with Crippen molar-refractivity contribution in [3.05, 3.63) is 34.6 Å². The van der Waals surface area contributed by atoms with Crippen molar-refractivity contribution in [3.8, 4) is 0 Å². The van der Waals surface area contributed by atoms with Crippen LogP contribution < -0.4 is 5.48 Å². The average molecular weight is 347 g/mol. The van der Waals surface area contributed by atoms with E-state index in [-0.39, 0.29) is 11.4 Å².